The number of rotatable bonds is 6. The SMILES string of the molecule is Cc1ccc(Nc2cc(C)nc(N3CCN(C(=O)c4ccccc4Oc4ccccc4)CC3)n2)cc1. The maximum Gasteiger partial charge on any atom is 0.257 e. The van der Waals surface area contributed by atoms with E-state index in [1.54, 1.807) is 0 Å². The van der Waals surface area contributed by atoms with E-state index in [4.69, 9.17) is 9.72 Å². The van der Waals surface area contributed by atoms with Crippen LogP contribution < -0.4 is 15.0 Å². The van der Waals surface area contributed by atoms with E-state index < -0.39 is 0 Å². The molecule has 1 aromatic heterocycles. The molecule has 1 N–H and O–H groups in total. The van der Waals surface area contributed by atoms with Crippen LogP contribution in [0.2, 0.25) is 0 Å². The van der Waals surface area contributed by atoms with Crippen molar-refractivity contribution in [3.63, 3.8) is 0 Å². The Bertz CT molecular complexity index is 1330. The van der Waals surface area contributed by atoms with Crippen LogP contribution in [0, 0.1) is 13.8 Å². The molecule has 7 heteroatoms. The van der Waals surface area contributed by atoms with Crippen LogP contribution in [0.1, 0.15) is 21.6 Å². The lowest BCUT2D eigenvalue weighted by molar-refractivity contribution is 0.0743. The molecule has 1 aliphatic rings. The number of piperazine rings is 1. The second kappa shape index (κ2) is 10.5. The molecule has 0 unspecified atom stereocenters. The van der Waals surface area contributed by atoms with Gasteiger partial charge in [0.05, 0.1) is 5.56 Å². The topological polar surface area (TPSA) is 70.6 Å². The molecule has 2 heterocycles. The highest BCUT2D eigenvalue weighted by atomic mass is 16.5. The first-order valence-electron chi connectivity index (χ1n) is 12.1. The molecule has 1 amide bonds. The summed E-state index contributed by atoms with van der Waals surface area (Å²) in [5.74, 6) is 2.66. The van der Waals surface area contributed by atoms with E-state index >= 15 is 0 Å². The number of hydrogen-bond acceptors (Lipinski definition) is 6. The summed E-state index contributed by atoms with van der Waals surface area (Å²) in [5, 5.41) is 3.37. The third-order valence-electron chi connectivity index (χ3n) is 6.10. The number of aromatic nitrogens is 2. The predicted molar refractivity (Wildman–Crippen MR) is 142 cm³/mol. The van der Waals surface area contributed by atoms with Crippen molar-refractivity contribution < 1.29 is 9.53 Å². The zero-order valence-corrected chi connectivity index (χ0v) is 20.5. The molecular weight excluding hydrogens is 450 g/mol. The first kappa shape index (κ1) is 23.4. The normalized spacial score (nSPS) is 13.4. The summed E-state index contributed by atoms with van der Waals surface area (Å²) in [7, 11) is 0. The summed E-state index contributed by atoms with van der Waals surface area (Å²) in [6.07, 6.45) is 0. The Morgan fingerprint density at radius 1 is 0.833 bits per heavy atom. The maximum atomic E-state index is 13.4. The molecule has 0 atom stereocenters. The van der Waals surface area contributed by atoms with Gasteiger partial charge >= 0.3 is 0 Å². The second-order valence-electron chi connectivity index (χ2n) is 8.88. The Labute approximate surface area is 211 Å². The average molecular weight is 480 g/mol. The summed E-state index contributed by atoms with van der Waals surface area (Å²) < 4.78 is 6.01. The van der Waals surface area contributed by atoms with Gasteiger partial charge in [-0.25, -0.2) is 4.98 Å². The van der Waals surface area contributed by atoms with Crippen molar-refractivity contribution in [3.8, 4) is 11.5 Å². The minimum Gasteiger partial charge on any atom is -0.457 e. The molecule has 1 fully saturated rings. The zero-order chi connectivity index (χ0) is 24.9. The molecule has 0 bridgehead atoms. The van der Waals surface area contributed by atoms with Gasteiger partial charge in [-0.05, 0) is 50.2 Å². The van der Waals surface area contributed by atoms with Gasteiger partial charge in [0, 0.05) is 43.6 Å². The summed E-state index contributed by atoms with van der Waals surface area (Å²) in [6, 6.07) is 27.1. The number of nitrogens with zero attached hydrogens (tertiary/aromatic N) is 4. The monoisotopic (exact) mass is 479 g/mol. The molecule has 5 rings (SSSR count). The molecular formula is C29H29N5O2. The number of aryl methyl sites for hydroxylation is 2. The van der Waals surface area contributed by atoms with Crippen LogP contribution in [-0.4, -0.2) is 47.0 Å². The quantitative estimate of drug-likeness (QED) is 0.389. The van der Waals surface area contributed by atoms with Crippen LogP contribution in [0.25, 0.3) is 0 Å². The van der Waals surface area contributed by atoms with Crippen LogP contribution in [0.4, 0.5) is 17.5 Å². The molecule has 0 radical (unpaired) electrons. The van der Waals surface area contributed by atoms with Gasteiger partial charge in [-0.2, -0.15) is 4.98 Å². The number of amides is 1. The van der Waals surface area contributed by atoms with Crippen molar-refractivity contribution in [3.05, 3.63) is 102 Å². The minimum absolute atomic E-state index is 0.0342. The highest BCUT2D eigenvalue weighted by Gasteiger charge is 2.26. The molecule has 36 heavy (non-hydrogen) atoms. The number of hydrogen-bond donors (Lipinski definition) is 1. The molecule has 0 aliphatic carbocycles. The smallest absolute Gasteiger partial charge is 0.257 e. The number of carbonyl (C=O) groups is 1. The third-order valence-corrected chi connectivity index (χ3v) is 6.10. The number of benzene rings is 3. The van der Waals surface area contributed by atoms with Gasteiger partial charge in [-0.3, -0.25) is 4.79 Å². The number of anilines is 3. The Hall–Kier alpha value is -4.39. The van der Waals surface area contributed by atoms with Crippen molar-refractivity contribution in [1.82, 2.24) is 14.9 Å². The Balaban J connectivity index is 1.26. The van der Waals surface area contributed by atoms with Gasteiger partial charge in [0.25, 0.3) is 5.91 Å². The Morgan fingerprint density at radius 2 is 1.53 bits per heavy atom. The lowest BCUT2D eigenvalue weighted by Crippen LogP contribution is -2.49. The zero-order valence-electron chi connectivity index (χ0n) is 20.5. The minimum atomic E-state index is -0.0342. The van der Waals surface area contributed by atoms with Crippen molar-refractivity contribution >= 4 is 23.4 Å². The standard InChI is InChI=1S/C29H29N5O2/c1-21-12-14-23(15-13-21)31-27-20-22(2)30-29(32-27)34-18-16-33(17-19-34)28(35)25-10-6-7-11-26(25)36-24-8-4-3-5-9-24/h3-15,20H,16-19H2,1-2H3,(H,30,31,32). The van der Waals surface area contributed by atoms with Gasteiger partial charge < -0.3 is 19.9 Å². The fraction of sp³-hybridized carbons (Fsp3) is 0.207. The number of para-hydroxylation sites is 2. The highest BCUT2D eigenvalue weighted by Crippen LogP contribution is 2.27. The Morgan fingerprint density at radius 3 is 2.28 bits per heavy atom. The van der Waals surface area contributed by atoms with Crippen molar-refractivity contribution in [2.75, 3.05) is 36.4 Å². The largest absolute Gasteiger partial charge is 0.457 e. The van der Waals surface area contributed by atoms with Gasteiger partial charge in [-0.1, -0.05) is 48.0 Å². The summed E-state index contributed by atoms with van der Waals surface area (Å²) >= 11 is 0. The summed E-state index contributed by atoms with van der Waals surface area (Å²) in [5.41, 5.74) is 3.64. The molecule has 7 nitrogen and oxygen atoms in total. The van der Waals surface area contributed by atoms with Gasteiger partial charge in [0.15, 0.2) is 0 Å². The maximum absolute atomic E-state index is 13.4. The van der Waals surface area contributed by atoms with E-state index in [9.17, 15) is 4.79 Å². The van der Waals surface area contributed by atoms with Crippen LogP contribution >= 0.6 is 0 Å². The lowest BCUT2D eigenvalue weighted by atomic mass is 10.1. The van der Waals surface area contributed by atoms with Crippen LogP contribution in [0.3, 0.4) is 0 Å². The van der Waals surface area contributed by atoms with E-state index in [0.717, 1.165) is 17.2 Å². The van der Waals surface area contributed by atoms with E-state index in [1.165, 1.54) is 5.56 Å². The highest BCUT2D eigenvalue weighted by molar-refractivity contribution is 5.97. The van der Waals surface area contributed by atoms with E-state index in [2.05, 4.69) is 34.3 Å². The molecule has 3 aromatic carbocycles. The average Bonchev–Trinajstić information content (AvgIpc) is 2.90. The lowest BCUT2D eigenvalue weighted by Gasteiger charge is -2.35. The van der Waals surface area contributed by atoms with Crippen LogP contribution in [0.5, 0.6) is 11.5 Å². The van der Waals surface area contributed by atoms with Crippen LogP contribution in [-0.2, 0) is 0 Å². The second-order valence-corrected chi connectivity index (χ2v) is 8.88. The molecule has 0 saturated carbocycles. The molecule has 1 saturated heterocycles. The Kier molecular flexibility index (Phi) is 6.80. The van der Waals surface area contributed by atoms with E-state index in [-0.39, 0.29) is 5.91 Å². The van der Waals surface area contributed by atoms with Crippen molar-refractivity contribution in [1.29, 1.82) is 0 Å². The number of ether oxygens (including phenoxy) is 1. The fourth-order valence-corrected chi connectivity index (χ4v) is 4.17. The number of carbonyl (C=O) groups excluding carboxylic acids is 1. The first-order chi connectivity index (χ1) is 17.5. The molecule has 0 spiro atoms. The van der Waals surface area contributed by atoms with Gasteiger partial charge in [-0.15, -0.1) is 0 Å². The summed E-state index contributed by atoms with van der Waals surface area (Å²) in [6.45, 7) is 6.50. The number of nitrogens with one attached hydrogen (secondary N) is 1. The molecule has 182 valence electrons. The van der Waals surface area contributed by atoms with Gasteiger partial charge in [0.1, 0.15) is 17.3 Å². The third kappa shape index (κ3) is 5.46. The molecule has 1 aliphatic heterocycles. The van der Waals surface area contributed by atoms with Crippen molar-refractivity contribution in [2.24, 2.45) is 0 Å². The fourth-order valence-electron chi connectivity index (χ4n) is 4.17. The predicted octanol–water partition coefficient (Wildman–Crippen LogP) is 5.59. The van der Waals surface area contributed by atoms with Crippen molar-refractivity contribution in [2.45, 2.75) is 13.8 Å². The van der Waals surface area contributed by atoms with E-state index in [0.29, 0.717) is 49.2 Å². The van der Waals surface area contributed by atoms with E-state index in [1.807, 2.05) is 84.6 Å². The molecule has 4 aromatic rings. The van der Waals surface area contributed by atoms with Gasteiger partial charge in [0.2, 0.25) is 5.95 Å². The summed E-state index contributed by atoms with van der Waals surface area (Å²) in [4.78, 5) is 26.8. The first-order valence-corrected chi connectivity index (χ1v) is 12.1. The van der Waals surface area contributed by atoms with Crippen LogP contribution in [0.15, 0.2) is 84.9 Å².